The number of likely N-dealkylation sites (tertiary alicyclic amines) is 1. The van der Waals surface area contributed by atoms with E-state index in [1.165, 1.54) is 0 Å². The number of hydrogen-bond acceptors (Lipinski definition) is 6. The van der Waals surface area contributed by atoms with Crippen LogP contribution in [0.25, 0.3) is 11.4 Å². The van der Waals surface area contributed by atoms with Crippen molar-refractivity contribution in [1.82, 2.24) is 15.0 Å². The summed E-state index contributed by atoms with van der Waals surface area (Å²) in [5, 5.41) is 7.37. The summed E-state index contributed by atoms with van der Waals surface area (Å²) in [7, 11) is 3.15. The van der Waals surface area contributed by atoms with Crippen molar-refractivity contribution in [1.29, 1.82) is 0 Å². The zero-order valence-corrected chi connectivity index (χ0v) is 17.3. The maximum Gasteiger partial charge on any atom is 0.322 e. The van der Waals surface area contributed by atoms with Crippen LogP contribution in [0.4, 0.5) is 10.5 Å². The summed E-state index contributed by atoms with van der Waals surface area (Å²) >= 11 is 6.15. The van der Waals surface area contributed by atoms with Gasteiger partial charge in [0, 0.05) is 17.8 Å². The molecule has 3 aromatic rings. The number of aromatic nitrogens is 2. The Balaban J connectivity index is 1.48. The molecular weight excluding hydrogens is 408 g/mol. The Morgan fingerprint density at radius 2 is 2.00 bits per heavy atom. The fourth-order valence-corrected chi connectivity index (χ4v) is 3.69. The lowest BCUT2D eigenvalue weighted by Gasteiger charge is -2.22. The van der Waals surface area contributed by atoms with Gasteiger partial charge in [0.05, 0.1) is 19.2 Å². The third-order valence-electron chi connectivity index (χ3n) is 4.99. The largest absolute Gasteiger partial charge is 0.497 e. The predicted octanol–water partition coefficient (Wildman–Crippen LogP) is 4.78. The molecule has 0 bridgehead atoms. The lowest BCUT2D eigenvalue weighted by atomic mass is 10.2. The van der Waals surface area contributed by atoms with Crippen LogP contribution in [-0.2, 0) is 0 Å². The molecule has 1 fully saturated rings. The molecule has 8 nitrogen and oxygen atoms in total. The van der Waals surface area contributed by atoms with Crippen LogP contribution in [0, 0.1) is 0 Å². The van der Waals surface area contributed by atoms with Crippen LogP contribution in [-0.4, -0.2) is 41.8 Å². The van der Waals surface area contributed by atoms with E-state index in [9.17, 15) is 4.79 Å². The van der Waals surface area contributed by atoms with Crippen molar-refractivity contribution in [2.75, 3.05) is 26.1 Å². The summed E-state index contributed by atoms with van der Waals surface area (Å²) in [6.45, 7) is 0.598. The summed E-state index contributed by atoms with van der Waals surface area (Å²) in [6.07, 6.45) is 1.60. The molecule has 1 aromatic heterocycles. The van der Waals surface area contributed by atoms with E-state index in [0.717, 1.165) is 24.2 Å². The fourth-order valence-electron chi connectivity index (χ4n) is 3.43. The minimum absolute atomic E-state index is 0.247. The average Bonchev–Trinajstić information content (AvgIpc) is 3.43. The molecule has 1 aliphatic heterocycles. The number of rotatable bonds is 5. The van der Waals surface area contributed by atoms with E-state index in [0.29, 0.717) is 34.7 Å². The maximum atomic E-state index is 12.8. The number of ether oxygens (including phenoxy) is 2. The smallest absolute Gasteiger partial charge is 0.322 e. The molecule has 1 saturated heterocycles. The van der Waals surface area contributed by atoms with Crippen molar-refractivity contribution in [2.24, 2.45) is 0 Å². The Bertz CT molecular complexity index is 1040. The van der Waals surface area contributed by atoms with Crippen LogP contribution < -0.4 is 14.8 Å². The molecule has 0 aliphatic carbocycles. The molecule has 0 radical (unpaired) electrons. The molecule has 1 N–H and O–H groups in total. The molecular formula is C21H21ClN4O4. The van der Waals surface area contributed by atoms with Crippen molar-refractivity contribution < 1.29 is 18.8 Å². The highest BCUT2D eigenvalue weighted by Gasteiger charge is 2.34. The van der Waals surface area contributed by atoms with Gasteiger partial charge in [-0.25, -0.2) is 4.79 Å². The summed E-state index contributed by atoms with van der Waals surface area (Å²) in [6, 6.07) is 12.0. The molecule has 4 rings (SSSR count). The average molecular weight is 429 g/mol. The van der Waals surface area contributed by atoms with Crippen LogP contribution in [0.3, 0.4) is 0 Å². The normalized spacial score (nSPS) is 15.8. The molecule has 2 amide bonds. The van der Waals surface area contributed by atoms with Crippen molar-refractivity contribution >= 4 is 23.3 Å². The van der Waals surface area contributed by atoms with E-state index >= 15 is 0 Å². The zero-order chi connectivity index (χ0) is 21.1. The van der Waals surface area contributed by atoms with Crippen LogP contribution >= 0.6 is 11.6 Å². The minimum Gasteiger partial charge on any atom is -0.497 e. The Kier molecular flexibility index (Phi) is 5.76. The highest BCUT2D eigenvalue weighted by atomic mass is 35.5. The first-order valence-electron chi connectivity index (χ1n) is 9.48. The fraction of sp³-hybridized carbons (Fsp3) is 0.286. The lowest BCUT2D eigenvalue weighted by molar-refractivity contribution is 0.193. The van der Waals surface area contributed by atoms with Gasteiger partial charge in [0.2, 0.25) is 11.7 Å². The second-order valence-electron chi connectivity index (χ2n) is 6.82. The van der Waals surface area contributed by atoms with Gasteiger partial charge >= 0.3 is 6.03 Å². The molecule has 1 unspecified atom stereocenters. The third kappa shape index (κ3) is 4.04. The number of benzene rings is 2. The highest BCUT2D eigenvalue weighted by Crippen LogP contribution is 2.33. The number of carbonyl (C=O) groups excluding carboxylic acids is 1. The molecule has 1 atom stereocenters. The van der Waals surface area contributed by atoms with Gasteiger partial charge in [-0.15, -0.1) is 0 Å². The van der Waals surface area contributed by atoms with Gasteiger partial charge in [-0.2, -0.15) is 4.98 Å². The van der Waals surface area contributed by atoms with E-state index in [2.05, 4.69) is 15.5 Å². The van der Waals surface area contributed by atoms with E-state index in [1.54, 1.807) is 37.3 Å². The molecule has 9 heteroatoms. The quantitative estimate of drug-likeness (QED) is 0.629. The summed E-state index contributed by atoms with van der Waals surface area (Å²) in [5.41, 5.74) is 1.40. The van der Waals surface area contributed by atoms with Crippen molar-refractivity contribution in [2.45, 2.75) is 18.9 Å². The standard InChI is InChI=1S/C21H21ClN4O4/c1-28-15-8-5-13(6-9-15)19-24-20(30-25-19)17-4-3-11-26(17)21(27)23-14-7-10-18(29-2)16(22)12-14/h5-10,12,17H,3-4,11H2,1-2H3,(H,23,27). The Labute approximate surface area is 178 Å². The van der Waals surface area contributed by atoms with Crippen molar-refractivity contribution in [3.05, 3.63) is 53.4 Å². The topological polar surface area (TPSA) is 89.7 Å². The summed E-state index contributed by atoms with van der Waals surface area (Å²) in [4.78, 5) is 19.1. The zero-order valence-electron chi connectivity index (χ0n) is 16.6. The maximum absolute atomic E-state index is 12.8. The van der Waals surface area contributed by atoms with E-state index in [4.69, 9.17) is 25.6 Å². The number of urea groups is 1. The lowest BCUT2D eigenvalue weighted by Crippen LogP contribution is -2.34. The number of halogens is 1. The Morgan fingerprint density at radius 3 is 2.70 bits per heavy atom. The number of nitrogens with zero attached hydrogens (tertiary/aromatic N) is 3. The highest BCUT2D eigenvalue weighted by molar-refractivity contribution is 6.32. The van der Waals surface area contributed by atoms with Gasteiger partial charge in [-0.1, -0.05) is 16.8 Å². The first-order valence-corrected chi connectivity index (χ1v) is 9.86. The Hall–Kier alpha value is -3.26. The van der Waals surface area contributed by atoms with Gasteiger partial charge in [0.25, 0.3) is 0 Å². The van der Waals surface area contributed by atoms with Gasteiger partial charge < -0.3 is 24.2 Å². The molecule has 0 saturated carbocycles. The number of hydrogen-bond donors (Lipinski definition) is 1. The van der Waals surface area contributed by atoms with Crippen molar-refractivity contribution in [3.8, 4) is 22.9 Å². The third-order valence-corrected chi connectivity index (χ3v) is 5.29. The molecule has 2 aromatic carbocycles. The second kappa shape index (κ2) is 8.62. The molecule has 1 aliphatic rings. The SMILES string of the molecule is COc1ccc(-c2noc(C3CCCN3C(=O)Nc3ccc(OC)c(Cl)c3)n2)cc1. The molecule has 2 heterocycles. The van der Waals surface area contributed by atoms with Crippen molar-refractivity contribution in [3.63, 3.8) is 0 Å². The predicted molar refractivity (Wildman–Crippen MR) is 112 cm³/mol. The van der Waals surface area contributed by atoms with Crippen LogP contribution in [0.2, 0.25) is 5.02 Å². The van der Waals surface area contributed by atoms with E-state index in [1.807, 2.05) is 24.3 Å². The number of amides is 2. The van der Waals surface area contributed by atoms with Gasteiger partial charge in [0.15, 0.2) is 0 Å². The Morgan fingerprint density at radius 1 is 1.20 bits per heavy atom. The number of nitrogens with one attached hydrogen (secondary N) is 1. The van der Waals surface area contributed by atoms with Crippen LogP contribution in [0.15, 0.2) is 47.0 Å². The van der Waals surface area contributed by atoms with Gasteiger partial charge in [0.1, 0.15) is 17.5 Å². The van der Waals surface area contributed by atoms with E-state index < -0.39 is 0 Å². The first-order chi connectivity index (χ1) is 14.6. The molecule has 156 valence electrons. The summed E-state index contributed by atoms with van der Waals surface area (Å²) in [5.74, 6) is 2.19. The van der Waals surface area contributed by atoms with E-state index in [-0.39, 0.29) is 12.1 Å². The van der Waals surface area contributed by atoms with Crippen LogP contribution in [0.5, 0.6) is 11.5 Å². The minimum atomic E-state index is -0.279. The van der Waals surface area contributed by atoms with Gasteiger partial charge in [-0.3, -0.25) is 0 Å². The number of carbonyl (C=O) groups is 1. The number of methoxy groups -OCH3 is 2. The first kappa shape index (κ1) is 20.0. The van der Waals surface area contributed by atoms with Crippen LogP contribution in [0.1, 0.15) is 24.8 Å². The summed E-state index contributed by atoms with van der Waals surface area (Å²) < 4.78 is 15.8. The number of anilines is 1. The monoisotopic (exact) mass is 428 g/mol. The van der Waals surface area contributed by atoms with Gasteiger partial charge in [-0.05, 0) is 55.3 Å². The molecule has 30 heavy (non-hydrogen) atoms. The second-order valence-corrected chi connectivity index (χ2v) is 7.22. The molecule has 0 spiro atoms.